The predicted octanol–water partition coefficient (Wildman–Crippen LogP) is 0.0699. The molecule has 0 bridgehead atoms. The van der Waals surface area contributed by atoms with Crippen molar-refractivity contribution in [1.82, 2.24) is 5.32 Å². The molecule has 0 aliphatic heterocycles. The fourth-order valence-electron chi connectivity index (χ4n) is 3.54. The summed E-state index contributed by atoms with van der Waals surface area (Å²) in [6.45, 7) is 0.369. The summed E-state index contributed by atoms with van der Waals surface area (Å²) in [6, 6.07) is 5.76. The van der Waals surface area contributed by atoms with Crippen LogP contribution >= 0.6 is 0 Å². The summed E-state index contributed by atoms with van der Waals surface area (Å²) in [5.74, 6) is -1.03. The molecule has 7 heteroatoms. The van der Waals surface area contributed by atoms with E-state index in [2.05, 4.69) is 5.32 Å². The second-order valence-corrected chi connectivity index (χ2v) is 5.87. The number of carboxylic acids is 1. The lowest BCUT2D eigenvalue weighted by Crippen LogP contribution is -2.51. The average molecular weight is 306 g/mol. The van der Waals surface area contributed by atoms with E-state index in [4.69, 9.17) is 15.8 Å². The van der Waals surface area contributed by atoms with Crippen LogP contribution in [0.2, 0.25) is 6.32 Å². The number of hydrogen-bond donors (Lipinski definition) is 5. The third-order valence-electron chi connectivity index (χ3n) is 4.66. The number of hydrogen-bond acceptors (Lipinski definition) is 5. The van der Waals surface area contributed by atoms with Gasteiger partial charge in [-0.2, -0.15) is 0 Å². The highest BCUT2D eigenvalue weighted by Gasteiger charge is 2.51. The second kappa shape index (κ2) is 6.79. The molecule has 0 heterocycles. The summed E-state index contributed by atoms with van der Waals surface area (Å²) in [7, 11) is 0.313. The van der Waals surface area contributed by atoms with Gasteiger partial charge in [-0.3, -0.25) is 0 Å². The Bertz CT molecular complexity index is 552. The first-order chi connectivity index (χ1) is 10.5. The third kappa shape index (κ3) is 2.89. The number of carboxylic acid groups (broad SMARTS) is 1. The fraction of sp³-hybridized carbons (Fsp3) is 0.533. The quantitative estimate of drug-likeness (QED) is 0.455. The number of rotatable bonds is 7. The zero-order valence-corrected chi connectivity index (χ0v) is 12.7. The molecular weight excluding hydrogens is 283 g/mol. The van der Waals surface area contributed by atoms with E-state index in [-0.39, 0.29) is 12.2 Å². The van der Waals surface area contributed by atoms with Gasteiger partial charge in [0.15, 0.2) is 0 Å². The van der Waals surface area contributed by atoms with Crippen molar-refractivity contribution in [2.24, 2.45) is 11.7 Å². The fourth-order valence-corrected chi connectivity index (χ4v) is 3.54. The topological polar surface area (TPSA) is 116 Å². The molecule has 6 nitrogen and oxygen atoms in total. The number of aliphatic carboxylic acids is 1. The summed E-state index contributed by atoms with van der Waals surface area (Å²) in [5.41, 5.74) is 7.24. The van der Waals surface area contributed by atoms with Gasteiger partial charge in [-0.15, -0.1) is 0 Å². The van der Waals surface area contributed by atoms with E-state index in [1.165, 1.54) is 0 Å². The lowest BCUT2D eigenvalue weighted by molar-refractivity contribution is -0.147. The molecule has 0 fully saturated rings. The lowest BCUT2D eigenvalue weighted by atomic mass is 9.77. The molecule has 2 rings (SSSR count). The first-order valence-corrected chi connectivity index (χ1v) is 7.56. The van der Waals surface area contributed by atoms with E-state index in [0.717, 1.165) is 16.7 Å². The van der Waals surface area contributed by atoms with Crippen LogP contribution in [0, 0.1) is 5.92 Å². The van der Waals surface area contributed by atoms with E-state index >= 15 is 0 Å². The molecule has 0 saturated heterocycles. The number of nitrogens with one attached hydrogen (secondary N) is 1. The van der Waals surface area contributed by atoms with E-state index in [9.17, 15) is 9.90 Å². The molecular formula is C15H23BN2O4. The smallest absolute Gasteiger partial charge is 0.451 e. The van der Waals surface area contributed by atoms with E-state index in [1.54, 1.807) is 7.05 Å². The molecule has 1 aromatic rings. The van der Waals surface area contributed by atoms with Gasteiger partial charge in [0.2, 0.25) is 0 Å². The van der Waals surface area contributed by atoms with Gasteiger partial charge < -0.3 is 26.2 Å². The van der Waals surface area contributed by atoms with Crippen molar-refractivity contribution in [2.45, 2.75) is 37.7 Å². The Balaban J connectivity index is 2.34. The maximum atomic E-state index is 12.0. The Morgan fingerprint density at radius 3 is 2.77 bits per heavy atom. The monoisotopic (exact) mass is 306 g/mol. The zero-order chi connectivity index (χ0) is 16.3. The molecule has 22 heavy (non-hydrogen) atoms. The first-order valence-electron chi connectivity index (χ1n) is 7.56. The number of benzene rings is 1. The summed E-state index contributed by atoms with van der Waals surface area (Å²) in [6.07, 6.45) is 2.09. The SMILES string of the molecule is CN[C@@]1(C(=O)O)c2cc(CN)ccc2C[C@@H]1CCCB(O)O. The molecule has 0 spiro atoms. The zero-order valence-electron chi connectivity index (χ0n) is 12.7. The number of nitrogens with two attached hydrogens (primary N) is 1. The van der Waals surface area contributed by atoms with Gasteiger partial charge in [0.05, 0.1) is 0 Å². The first kappa shape index (κ1) is 17.0. The molecule has 0 saturated carbocycles. The maximum Gasteiger partial charge on any atom is 0.451 e. The average Bonchev–Trinajstić information content (AvgIpc) is 2.80. The van der Waals surface area contributed by atoms with Gasteiger partial charge in [-0.25, -0.2) is 4.79 Å². The van der Waals surface area contributed by atoms with Gasteiger partial charge in [0.25, 0.3) is 0 Å². The molecule has 0 amide bonds. The van der Waals surface area contributed by atoms with Crippen LogP contribution in [0.4, 0.5) is 0 Å². The number of fused-ring (bicyclic) bond motifs is 1. The van der Waals surface area contributed by atoms with Crippen LogP contribution in [-0.4, -0.2) is 35.3 Å². The van der Waals surface area contributed by atoms with Gasteiger partial charge in [0.1, 0.15) is 5.54 Å². The van der Waals surface area contributed by atoms with Crippen molar-refractivity contribution in [3.63, 3.8) is 0 Å². The van der Waals surface area contributed by atoms with E-state index in [1.807, 2.05) is 18.2 Å². The second-order valence-electron chi connectivity index (χ2n) is 5.87. The summed E-state index contributed by atoms with van der Waals surface area (Å²) < 4.78 is 0. The molecule has 0 aromatic heterocycles. The molecule has 1 aliphatic carbocycles. The van der Waals surface area contributed by atoms with Gasteiger partial charge in [-0.1, -0.05) is 24.6 Å². The van der Waals surface area contributed by atoms with Crippen molar-refractivity contribution >= 4 is 13.1 Å². The minimum absolute atomic E-state index is 0.128. The minimum Gasteiger partial charge on any atom is -0.480 e. The summed E-state index contributed by atoms with van der Waals surface area (Å²) in [4.78, 5) is 12.0. The van der Waals surface area contributed by atoms with Crippen LogP contribution in [0.3, 0.4) is 0 Å². The Kier molecular flexibility index (Phi) is 5.23. The van der Waals surface area contributed by atoms with Crippen molar-refractivity contribution in [1.29, 1.82) is 0 Å². The highest BCUT2D eigenvalue weighted by atomic mass is 16.4. The van der Waals surface area contributed by atoms with Gasteiger partial charge >= 0.3 is 13.1 Å². The van der Waals surface area contributed by atoms with Crippen LogP contribution in [0.15, 0.2) is 18.2 Å². The molecule has 1 aliphatic rings. The number of likely N-dealkylation sites (N-methyl/N-ethyl adjacent to an activating group) is 1. The Morgan fingerprint density at radius 1 is 1.50 bits per heavy atom. The van der Waals surface area contributed by atoms with Crippen molar-refractivity contribution in [3.05, 3.63) is 34.9 Å². The van der Waals surface area contributed by atoms with Crippen LogP contribution in [0.1, 0.15) is 29.5 Å². The lowest BCUT2D eigenvalue weighted by Gasteiger charge is -2.32. The summed E-state index contributed by atoms with van der Waals surface area (Å²) >= 11 is 0. The van der Waals surface area contributed by atoms with Gasteiger partial charge in [0, 0.05) is 6.54 Å². The Morgan fingerprint density at radius 2 is 2.23 bits per heavy atom. The third-order valence-corrected chi connectivity index (χ3v) is 4.66. The molecule has 1 aromatic carbocycles. The molecule has 0 unspecified atom stereocenters. The normalized spacial score (nSPS) is 23.4. The predicted molar refractivity (Wildman–Crippen MR) is 84.1 cm³/mol. The summed E-state index contributed by atoms with van der Waals surface area (Å²) in [5, 5.41) is 30.8. The van der Waals surface area contributed by atoms with Crippen molar-refractivity contribution < 1.29 is 19.9 Å². The van der Waals surface area contributed by atoms with Gasteiger partial charge in [-0.05, 0) is 48.8 Å². The minimum atomic E-state index is -1.35. The maximum absolute atomic E-state index is 12.0. The van der Waals surface area contributed by atoms with Crippen LogP contribution in [0.5, 0.6) is 0 Å². The standard InChI is InChI=1S/C15H23BN2O4/c1-18-15(14(19)20)12(3-2-6-16(21)22)8-11-5-4-10(9-17)7-13(11)15/h4-5,7,12,18,21-22H,2-3,6,8-9,17H2,1H3,(H,19,20)/t12-,15+/m0/s1. The number of carbonyl (C=O) groups is 1. The highest BCUT2D eigenvalue weighted by molar-refractivity contribution is 6.40. The Labute approximate surface area is 130 Å². The molecule has 6 N–H and O–H groups in total. The highest BCUT2D eigenvalue weighted by Crippen LogP contribution is 2.44. The van der Waals surface area contributed by atoms with Crippen LogP contribution in [-0.2, 0) is 23.3 Å². The van der Waals surface area contributed by atoms with Crippen LogP contribution in [0.25, 0.3) is 0 Å². The Hall–Kier alpha value is -1.41. The molecule has 0 radical (unpaired) electrons. The van der Waals surface area contributed by atoms with Crippen molar-refractivity contribution in [2.75, 3.05) is 7.05 Å². The largest absolute Gasteiger partial charge is 0.480 e. The molecule has 120 valence electrons. The van der Waals surface area contributed by atoms with E-state index in [0.29, 0.717) is 25.8 Å². The van der Waals surface area contributed by atoms with E-state index < -0.39 is 18.6 Å². The molecule has 2 atom stereocenters. The van der Waals surface area contributed by atoms with Crippen LogP contribution < -0.4 is 11.1 Å². The van der Waals surface area contributed by atoms with Crippen molar-refractivity contribution in [3.8, 4) is 0 Å².